The van der Waals surface area contributed by atoms with E-state index in [4.69, 9.17) is 13.3 Å². The Hall–Kier alpha value is -2.76. The van der Waals surface area contributed by atoms with E-state index in [-0.39, 0.29) is 18.4 Å². The van der Waals surface area contributed by atoms with Gasteiger partial charge in [-0.25, -0.2) is 4.98 Å². The Bertz CT molecular complexity index is 833. The zero-order valence-corrected chi connectivity index (χ0v) is 14.1. The molecule has 4 rings (SSSR count). The number of oxazole rings is 1. The minimum absolute atomic E-state index is 0.00741. The van der Waals surface area contributed by atoms with Crippen molar-refractivity contribution >= 4 is 5.91 Å². The maximum Gasteiger partial charge on any atom is 0.263 e. The van der Waals surface area contributed by atoms with Crippen LogP contribution in [0.15, 0.2) is 50.0 Å². The number of rotatable bonds is 4. The molecule has 0 radical (unpaired) electrons. The average molecular weight is 340 g/mol. The van der Waals surface area contributed by atoms with Crippen molar-refractivity contribution < 1.29 is 18.0 Å². The highest BCUT2D eigenvalue weighted by Crippen LogP contribution is 2.32. The number of aryl methyl sites for hydroxylation is 1. The quantitative estimate of drug-likeness (QED) is 0.714. The highest BCUT2D eigenvalue weighted by molar-refractivity contribution is 5.79. The van der Waals surface area contributed by atoms with E-state index in [0.29, 0.717) is 23.1 Å². The highest BCUT2D eigenvalue weighted by atomic mass is 16.4. The summed E-state index contributed by atoms with van der Waals surface area (Å²) in [6.45, 7) is 2.56. The van der Waals surface area contributed by atoms with Gasteiger partial charge in [-0.3, -0.25) is 4.79 Å². The molecule has 0 unspecified atom stereocenters. The van der Waals surface area contributed by atoms with Gasteiger partial charge in [-0.05, 0) is 50.5 Å². The van der Waals surface area contributed by atoms with Crippen LogP contribution < -0.4 is 0 Å². The van der Waals surface area contributed by atoms with Crippen LogP contribution in [-0.4, -0.2) is 22.3 Å². The molecule has 4 heterocycles. The van der Waals surface area contributed by atoms with Gasteiger partial charge in [0.25, 0.3) is 5.89 Å². The number of piperidine rings is 1. The fourth-order valence-electron chi connectivity index (χ4n) is 3.35. The molecule has 1 fully saturated rings. The molecule has 130 valence electrons. The lowest BCUT2D eigenvalue weighted by Gasteiger charge is -2.34. The number of furan rings is 2. The van der Waals surface area contributed by atoms with Crippen LogP contribution in [0.2, 0.25) is 0 Å². The predicted octanol–water partition coefficient (Wildman–Crippen LogP) is 4.13. The molecule has 3 aromatic rings. The van der Waals surface area contributed by atoms with Gasteiger partial charge < -0.3 is 18.2 Å². The van der Waals surface area contributed by atoms with Crippen LogP contribution in [0.4, 0.5) is 0 Å². The minimum atomic E-state index is 0.00741. The normalized spacial score (nSPS) is 17.8. The molecule has 0 aliphatic carbocycles. The average Bonchev–Trinajstić information content (AvgIpc) is 3.37. The van der Waals surface area contributed by atoms with Crippen molar-refractivity contribution in [3.63, 3.8) is 0 Å². The standard InChI is InChI=1S/C19H20N2O4/c1-13-14(20-19(25-13)17-8-5-11-24-17)12-18(22)21-9-3-2-6-15(21)16-7-4-10-23-16/h4-5,7-8,10-11,15H,2-3,6,9,12H2,1H3/t15-/m0/s1. The van der Waals surface area contributed by atoms with E-state index in [1.165, 1.54) is 0 Å². The topological polar surface area (TPSA) is 72.6 Å². The molecule has 1 saturated heterocycles. The van der Waals surface area contributed by atoms with Gasteiger partial charge in [0.1, 0.15) is 11.5 Å². The maximum atomic E-state index is 12.9. The van der Waals surface area contributed by atoms with Crippen LogP contribution in [0.5, 0.6) is 0 Å². The maximum absolute atomic E-state index is 12.9. The number of hydrogen-bond donors (Lipinski definition) is 0. The van der Waals surface area contributed by atoms with Crippen molar-refractivity contribution in [2.75, 3.05) is 6.54 Å². The lowest BCUT2D eigenvalue weighted by atomic mass is 9.99. The number of hydrogen-bond acceptors (Lipinski definition) is 5. The summed E-state index contributed by atoms with van der Waals surface area (Å²) in [6.07, 6.45) is 6.48. The second kappa shape index (κ2) is 6.63. The summed E-state index contributed by atoms with van der Waals surface area (Å²) >= 11 is 0. The number of carbonyl (C=O) groups is 1. The van der Waals surface area contributed by atoms with Crippen molar-refractivity contribution in [3.05, 3.63) is 54.0 Å². The van der Waals surface area contributed by atoms with Crippen molar-refractivity contribution in [2.24, 2.45) is 0 Å². The summed E-state index contributed by atoms with van der Waals surface area (Å²) in [6, 6.07) is 7.37. The number of aromatic nitrogens is 1. The number of nitrogens with zero attached hydrogens (tertiary/aromatic N) is 2. The van der Waals surface area contributed by atoms with Crippen LogP contribution >= 0.6 is 0 Å². The molecule has 0 N–H and O–H groups in total. The molecular formula is C19H20N2O4. The van der Waals surface area contributed by atoms with E-state index in [0.717, 1.165) is 31.6 Å². The smallest absolute Gasteiger partial charge is 0.263 e. The Morgan fingerprint density at radius 2 is 2.08 bits per heavy atom. The molecule has 6 heteroatoms. The third kappa shape index (κ3) is 3.12. The molecule has 1 aliphatic heterocycles. The third-order valence-corrected chi connectivity index (χ3v) is 4.64. The predicted molar refractivity (Wildman–Crippen MR) is 89.7 cm³/mol. The van der Waals surface area contributed by atoms with E-state index in [1.54, 1.807) is 24.7 Å². The molecule has 3 aromatic heterocycles. The summed E-state index contributed by atoms with van der Waals surface area (Å²) in [5.74, 6) is 2.51. The summed E-state index contributed by atoms with van der Waals surface area (Å²) < 4.78 is 16.5. The molecule has 0 saturated carbocycles. The molecule has 0 spiro atoms. The molecule has 0 bridgehead atoms. The Kier molecular flexibility index (Phi) is 4.17. The lowest BCUT2D eigenvalue weighted by Crippen LogP contribution is -2.39. The first-order chi connectivity index (χ1) is 12.2. The third-order valence-electron chi connectivity index (χ3n) is 4.64. The molecule has 25 heavy (non-hydrogen) atoms. The van der Waals surface area contributed by atoms with E-state index in [2.05, 4.69) is 4.98 Å². The molecule has 0 aromatic carbocycles. The Balaban J connectivity index is 1.53. The van der Waals surface area contributed by atoms with Crippen LogP contribution in [0.25, 0.3) is 11.7 Å². The molecule has 1 amide bonds. The Morgan fingerprint density at radius 1 is 1.24 bits per heavy atom. The van der Waals surface area contributed by atoms with Crippen LogP contribution in [0.1, 0.15) is 42.5 Å². The zero-order chi connectivity index (χ0) is 17.2. The first-order valence-corrected chi connectivity index (χ1v) is 8.55. The number of likely N-dealkylation sites (tertiary alicyclic amines) is 1. The van der Waals surface area contributed by atoms with E-state index < -0.39 is 0 Å². The lowest BCUT2D eigenvalue weighted by molar-refractivity contribution is -0.134. The van der Waals surface area contributed by atoms with Gasteiger partial charge >= 0.3 is 0 Å². The van der Waals surface area contributed by atoms with Crippen LogP contribution in [-0.2, 0) is 11.2 Å². The second-order valence-corrected chi connectivity index (χ2v) is 6.29. The zero-order valence-electron chi connectivity index (χ0n) is 14.1. The number of amides is 1. The van der Waals surface area contributed by atoms with Crippen molar-refractivity contribution in [3.8, 4) is 11.7 Å². The van der Waals surface area contributed by atoms with Gasteiger partial charge in [-0.15, -0.1) is 0 Å². The fraction of sp³-hybridized carbons (Fsp3) is 0.368. The summed E-state index contributed by atoms with van der Waals surface area (Å²) in [7, 11) is 0. The number of carbonyl (C=O) groups excluding carboxylic acids is 1. The minimum Gasteiger partial charge on any atom is -0.467 e. The van der Waals surface area contributed by atoms with Gasteiger partial charge in [0.2, 0.25) is 5.91 Å². The van der Waals surface area contributed by atoms with Crippen molar-refractivity contribution in [2.45, 2.75) is 38.6 Å². The van der Waals surface area contributed by atoms with Gasteiger partial charge in [0.15, 0.2) is 5.76 Å². The van der Waals surface area contributed by atoms with Crippen molar-refractivity contribution in [1.29, 1.82) is 0 Å². The molecular weight excluding hydrogens is 320 g/mol. The van der Waals surface area contributed by atoms with Crippen LogP contribution in [0.3, 0.4) is 0 Å². The summed E-state index contributed by atoms with van der Waals surface area (Å²) in [5, 5.41) is 0. The van der Waals surface area contributed by atoms with E-state index in [9.17, 15) is 4.79 Å². The highest BCUT2D eigenvalue weighted by Gasteiger charge is 2.30. The van der Waals surface area contributed by atoms with Crippen molar-refractivity contribution in [1.82, 2.24) is 9.88 Å². The van der Waals surface area contributed by atoms with Gasteiger partial charge in [-0.2, -0.15) is 0 Å². The Labute approximate surface area is 145 Å². The van der Waals surface area contributed by atoms with E-state index >= 15 is 0 Å². The summed E-state index contributed by atoms with van der Waals surface area (Å²) in [5.41, 5.74) is 0.653. The van der Waals surface area contributed by atoms with E-state index in [1.807, 2.05) is 24.0 Å². The van der Waals surface area contributed by atoms with Gasteiger partial charge in [0, 0.05) is 6.54 Å². The SMILES string of the molecule is Cc1oc(-c2ccco2)nc1CC(=O)N1CCCC[C@H]1c1ccco1. The summed E-state index contributed by atoms with van der Waals surface area (Å²) in [4.78, 5) is 19.2. The first kappa shape index (κ1) is 15.7. The Morgan fingerprint density at radius 3 is 2.84 bits per heavy atom. The fourth-order valence-corrected chi connectivity index (χ4v) is 3.35. The molecule has 1 atom stereocenters. The van der Waals surface area contributed by atoms with Crippen LogP contribution in [0, 0.1) is 6.92 Å². The molecule has 1 aliphatic rings. The largest absolute Gasteiger partial charge is 0.467 e. The second-order valence-electron chi connectivity index (χ2n) is 6.29. The van der Waals surface area contributed by atoms with Gasteiger partial charge in [-0.1, -0.05) is 0 Å². The van der Waals surface area contributed by atoms with Gasteiger partial charge in [0.05, 0.1) is 30.7 Å². The monoisotopic (exact) mass is 340 g/mol. The first-order valence-electron chi connectivity index (χ1n) is 8.55. The molecule has 6 nitrogen and oxygen atoms in total.